The first-order chi connectivity index (χ1) is 9.58. The van der Waals surface area contributed by atoms with Gasteiger partial charge in [0.2, 0.25) is 0 Å². The fourth-order valence-electron chi connectivity index (χ4n) is 1.40. The van der Waals surface area contributed by atoms with Gasteiger partial charge < -0.3 is 9.47 Å². The van der Waals surface area contributed by atoms with Gasteiger partial charge in [-0.2, -0.15) is 0 Å². The number of ether oxygens (including phenoxy) is 2. The molecule has 0 aliphatic carbocycles. The topological polar surface area (TPSA) is 65.0 Å². The maximum atomic E-state index is 11.7. The number of hydrogen-bond acceptors (Lipinski definition) is 5. The molecule has 0 spiro atoms. The van der Waals surface area contributed by atoms with Crippen molar-refractivity contribution in [2.45, 2.75) is 13.8 Å². The summed E-state index contributed by atoms with van der Waals surface area (Å²) in [5.74, 6) is -2.47. The van der Waals surface area contributed by atoms with E-state index in [4.69, 9.17) is 9.47 Å². The zero-order valence-electron chi connectivity index (χ0n) is 11.3. The highest BCUT2D eigenvalue weighted by atomic mass is 79.9. The van der Waals surface area contributed by atoms with Crippen LogP contribution in [0.5, 0.6) is 0 Å². The highest BCUT2D eigenvalue weighted by Gasteiger charge is 2.27. The maximum Gasteiger partial charge on any atom is 0.325 e. The second kappa shape index (κ2) is 8.47. The monoisotopic (exact) mass is 341 g/mol. The van der Waals surface area contributed by atoms with Gasteiger partial charge in [0.25, 0.3) is 0 Å². The molecule has 0 aliphatic rings. The Hall–Kier alpha value is -1.69. The van der Waals surface area contributed by atoms with E-state index in [0.29, 0.717) is 5.69 Å². The number of rotatable bonds is 6. The molecule has 0 heterocycles. The first-order valence-electron chi connectivity index (χ1n) is 6.21. The Morgan fingerprint density at radius 2 is 1.85 bits per heavy atom. The van der Waals surface area contributed by atoms with Gasteiger partial charge in [0.15, 0.2) is 5.92 Å². The van der Waals surface area contributed by atoms with Crippen molar-refractivity contribution in [2.75, 3.05) is 13.2 Å². The van der Waals surface area contributed by atoms with E-state index in [1.54, 1.807) is 32.0 Å². The van der Waals surface area contributed by atoms with Crippen LogP contribution in [-0.2, 0) is 19.1 Å². The zero-order valence-corrected chi connectivity index (χ0v) is 12.9. The van der Waals surface area contributed by atoms with Gasteiger partial charge in [0, 0.05) is 10.7 Å². The van der Waals surface area contributed by atoms with Crippen LogP contribution in [0.4, 0.5) is 5.69 Å². The quantitative estimate of drug-likeness (QED) is 0.453. The van der Waals surface area contributed by atoms with Crippen molar-refractivity contribution in [2.24, 2.45) is 10.9 Å². The molecule has 0 amide bonds. The lowest BCUT2D eigenvalue weighted by Gasteiger charge is -2.09. The molecule has 1 aromatic rings. The van der Waals surface area contributed by atoms with E-state index in [-0.39, 0.29) is 13.2 Å². The molecule has 108 valence electrons. The predicted molar refractivity (Wildman–Crippen MR) is 79.1 cm³/mol. The van der Waals surface area contributed by atoms with Crippen LogP contribution in [-0.4, -0.2) is 31.4 Å². The number of benzene rings is 1. The molecule has 0 aliphatic heterocycles. The number of aliphatic imine (C=N–C) groups is 1. The number of hydrogen-bond donors (Lipinski definition) is 0. The van der Waals surface area contributed by atoms with Gasteiger partial charge in [-0.15, -0.1) is 0 Å². The van der Waals surface area contributed by atoms with Crippen molar-refractivity contribution in [3.05, 3.63) is 28.7 Å². The van der Waals surface area contributed by atoms with Crippen molar-refractivity contribution in [3.63, 3.8) is 0 Å². The SMILES string of the molecule is CCOC(=O)C(C=Nc1cccc(Br)c1)C(=O)OCC. The Bertz CT molecular complexity index is 484. The normalized spacial score (nSPS) is 10.8. The summed E-state index contributed by atoms with van der Waals surface area (Å²) in [5.41, 5.74) is 0.623. The van der Waals surface area contributed by atoms with E-state index in [0.717, 1.165) is 4.47 Å². The van der Waals surface area contributed by atoms with E-state index in [1.165, 1.54) is 6.21 Å². The summed E-state index contributed by atoms with van der Waals surface area (Å²) in [6.45, 7) is 3.73. The lowest BCUT2D eigenvalue weighted by atomic mass is 10.1. The third kappa shape index (κ3) is 5.13. The van der Waals surface area contributed by atoms with Crippen LogP contribution < -0.4 is 0 Å². The minimum atomic E-state index is -1.14. The van der Waals surface area contributed by atoms with E-state index in [1.807, 2.05) is 6.07 Å². The van der Waals surface area contributed by atoms with Crippen LogP contribution in [0.25, 0.3) is 0 Å². The molecule has 20 heavy (non-hydrogen) atoms. The van der Waals surface area contributed by atoms with Gasteiger partial charge in [-0.05, 0) is 32.0 Å². The summed E-state index contributed by atoms with van der Waals surface area (Å²) in [5, 5.41) is 0. The number of esters is 2. The lowest BCUT2D eigenvalue weighted by molar-refractivity contribution is -0.157. The molecule has 0 bridgehead atoms. The van der Waals surface area contributed by atoms with Gasteiger partial charge in [-0.1, -0.05) is 22.0 Å². The van der Waals surface area contributed by atoms with E-state index >= 15 is 0 Å². The van der Waals surface area contributed by atoms with Crippen molar-refractivity contribution in [3.8, 4) is 0 Å². The Kier molecular flexibility index (Phi) is 6.93. The molecule has 0 N–H and O–H groups in total. The first kappa shape index (κ1) is 16.4. The molecule has 0 saturated heterocycles. The van der Waals surface area contributed by atoms with Crippen LogP contribution in [0.2, 0.25) is 0 Å². The third-order valence-corrected chi connectivity index (χ3v) is 2.76. The first-order valence-corrected chi connectivity index (χ1v) is 7.00. The molecule has 0 unspecified atom stereocenters. The Morgan fingerprint density at radius 1 is 1.25 bits per heavy atom. The molecule has 0 aromatic heterocycles. The summed E-state index contributed by atoms with van der Waals surface area (Å²) in [6, 6.07) is 7.19. The predicted octanol–water partition coefficient (Wildman–Crippen LogP) is 2.89. The number of halogens is 1. The highest BCUT2D eigenvalue weighted by Crippen LogP contribution is 2.18. The summed E-state index contributed by atoms with van der Waals surface area (Å²) in [4.78, 5) is 27.6. The number of nitrogens with zero attached hydrogens (tertiary/aromatic N) is 1. The minimum Gasteiger partial charge on any atom is -0.465 e. The largest absolute Gasteiger partial charge is 0.465 e. The molecule has 1 rings (SSSR count). The fourth-order valence-corrected chi connectivity index (χ4v) is 1.79. The minimum absolute atomic E-state index is 0.194. The van der Waals surface area contributed by atoms with Crippen molar-refractivity contribution < 1.29 is 19.1 Å². The van der Waals surface area contributed by atoms with E-state index < -0.39 is 17.9 Å². The van der Waals surface area contributed by atoms with Crippen LogP contribution in [0.3, 0.4) is 0 Å². The van der Waals surface area contributed by atoms with Gasteiger partial charge in [0.1, 0.15) is 0 Å². The maximum absolute atomic E-state index is 11.7. The summed E-state index contributed by atoms with van der Waals surface area (Å²) >= 11 is 3.32. The average molecular weight is 342 g/mol. The standard InChI is InChI=1S/C14H16BrNO4/c1-3-19-13(17)12(14(18)20-4-2)9-16-11-7-5-6-10(15)8-11/h5-9,12H,3-4H2,1-2H3. The Labute approximate surface area is 126 Å². The second-order valence-electron chi connectivity index (χ2n) is 3.74. The molecular weight excluding hydrogens is 326 g/mol. The Balaban J connectivity index is 2.88. The molecule has 0 radical (unpaired) electrons. The van der Waals surface area contributed by atoms with Crippen LogP contribution in [0, 0.1) is 5.92 Å². The molecule has 1 aromatic carbocycles. The number of carbonyl (C=O) groups excluding carboxylic acids is 2. The van der Waals surface area contributed by atoms with Gasteiger partial charge >= 0.3 is 11.9 Å². The lowest BCUT2D eigenvalue weighted by Crippen LogP contribution is -2.29. The molecular formula is C14H16BrNO4. The van der Waals surface area contributed by atoms with Gasteiger partial charge in [0.05, 0.1) is 18.9 Å². The molecule has 0 fully saturated rings. The zero-order chi connectivity index (χ0) is 15.0. The van der Waals surface area contributed by atoms with E-state index in [9.17, 15) is 9.59 Å². The highest BCUT2D eigenvalue weighted by molar-refractivity contribution is 9.10. The van der Waals surface area contributed by atoms with E-state index in [2.05, 4.69) is 20.9 Å². The van der Waals surface area contributed by atoms with Crippen LogP contribution in [0.15, 0.2) is 33.7 Å². The van der Waals surface area contributed by atoms with Crippen molar-refractivity contribution >= 4 is 39.8 Å². The van der Waals surface area contributed by atoms with Crippen molar-refractivity contribution in [1.82, 2.24) is 0 Å². The smallest absolute Gasteiger partial charge is 0.325 e. The molecule has 0 atom stereocenters. The molecule has 0 saturated carbocycles. The third-order valence-electron chi connectivity index (χ3n) is 2.26. The van der Waals surface area contributed by atoms with Crippen LogP contribution in [0.1, 0.15) is 13.8 Å². The average Bonchev–Trinajstić information content (AvgIpc) is 2.39. The van der Waals surface area contributed by atoms with Gasteiger partial charge in [-0.3, -0.25) is 14.6 Å². The van der Waals surface area contributed by atoms with Crippen molar-refractivity contribution in [1.29, 1.82) is 0 Å². The summed E-state index contributed by atoms with van der Waals surface area (Å²) in [6.07, 6.45) is 1.25. The van der Waals surface area contributed by atoms with Gasteiger partial charge in [-0.25, -0.2) is 0 Å². The van der Waals surface area contributed by atoms with Crippen LogP contribution >= 0.6 is 15.9 Å². The summed E-state index contributed by atoms with van der Waals surface area (Å²) in [7, 11) is 0. The summed E-state index contributed by atoms with van der Waals surface area (Å²) < 4.78 is 10.5. The molecule has 5 nitrogen and oxygen atoms in total. The Morgan fingerprint density at radius 3 is 2.35 bits per heavy atom. The second-order valence-corrected chi connectivity index (χ2v) is 4.66. The number of carbonyl (C=O) groups is 2. The fraction of sp³-hybridized carbons (Fsp3) is 0.357. The molecule has 6 heteroatoms.